The summed E-state index contributed by atoms with van der Waals surface area (Å²) in [5, 5.41) is 21.7. The van der Waals surface area contributed by atoms with Gasteiger partial charge in [0.25, 0.3) is 0 Å². The van der Waals surface area contributed by atoms with E-state index in [0.29, 0.717) is 31.1 Å². The van der Waals surface area contributed by atoms with Crippen molar-refractivity contribution < 1.29 is 29.2 Å². The second-order valence-corrected chi connectivity index (χ2v) is 11.3. The van der Waals surface area contributed by atoms with Crippen LogP contribution < -0.4 is 0 Å². The van der Waals surface area contributed by atoms with Crippen molar-refractivity contribution >= 4 is 5.97 Å². The highest BCUT2D eigenvalue weighted by Crippen LogP contribution is 2.35. The Kier molecular flexibility index (Phi) is 10.4. The third-order valence-corrected chi connectivity index (χ3v) is 7.81. The van der Waals surface area contributed by atoms with Crippen LogP contribution in [0.1, 0.15) is 71.1 Å². The molecule has 0 spiro atoms. The number of carbonyl (C=O) groups excluding carboxylic acids is 1. The maximum atomic E-state index is 12.7. The number of carbonyl (C=O) groups is 1. The molecule has 4 rings (SSSR count). The van der Waals surface area contributed by atoms with Gasteiger partial charge in [-0.05, 0) is 69.6 Å². The van der Waals surface area contributed by atoms with E-state index in [0.717, 1.165) is 50.5 Å². The van der Waals surface area contributed by atoms with Gasteiger partial charge in [0.2, 0.25) is 0 Å². The summed E-state index contributed by atoms with van der Waals surface area (Å²) in [7, 11) is 0. The van der Waals surface area contributed by atoms with Gasteiger partial charge in [0.15, 0.2) is 0 Å². The van der Waals surface area contributed by atoms with Crippen LogP contribution in [0, 0.1) is 11.8 Å². The standard InChI is InChI=1S/C31H44O6/c1-21-17-22(2)19-27(33)31-29(37-31)20-28(26(32)16-15-23-9-5-3-4-6-10-23)36-30(34)14-8-12-24-11-7-13-25(18-21)35-24/h3-4,7-8,11,14-16,21,23-29,31-33H,2,5-6,9-10,12-13,17-20H2,1H3/b14-8-,16-15+/t21-,24-,25-,26-,27-,28-,29-,31-/m0/s1. The molecule has 0 amide bonds. The van der Waals surface area contributed by atoms with E-state index in [2.05, 4.69) is 43.9 Å². The van der Waals surface area contributed by atoms with Crippen molar-refractivity contribution in [2.24, 2.45) is 11.8 Å². The number of aliphatic hydroxyl groups excluding tert-OH is 2. The average Bonchev–Trinajstić information content (AvgIpc) is 3.65. The van der Waals surface area contributed by atoms with Crippen LogP contribution in [-0.2, 0) is 19.0 Å². The molecule has 6 heteroatoms. The van der Waals surface area contributed by atoms with Gasteiger partial charge >= 0.3 is 5.97 Å². The fourth-order valence-electron chi connectivity index (χ4n) is 5.78. The molecule has 1 aliphatic carbocycles. The summed E-state index contributed by atoms with van der Waals surface area (Å²) < 4.78 is 17.7. The highest BCUT2D eigenvalue weighted by molar-refractivity contribution is 5.82. The molecule has 0 unspecified atom stereocenters. The van der Waals surface area contributed by atoms with E-state index in [-0.39, 0.29) is 24.4 Å². The van der Waals surface area contributed by atoms with E-state index in [1.54, 1.807) is 12.2 Å². The average molecular weight is 513 g/mol. The fourth-order valence-corrected chi connectivity index (χ4v) is 5.78. The molecule has 8 atom stereocenters. The first-order valence-electron chi connectivity index (χ1n) is 14.1. The summed E-state index contributed by atoms with van der Waals surface area (Å²) in [6, 6.07) is 0. The fraction of sp³-hybridized carbons (Fsp3) is 0.645. The lowest BCUT2D eigenvalue weighted by atomic mass is 9.91. The van der Waals surface area contributed by atoms with E-state index >= 15 is 0 Å². The minimum Gasteiger partial charge on any atom is -0.456 e. The third kappa shape index (κ3) is 9.06. The van der Waals surface area contributed by atoms with E-state index in [9.17, 15) is 15.0 Å². The number of allylic oxidation sites excluding steroid dienone is 3. The van der Waals surface area contributed by atoms with Gasteiger partial charge in [0.05, 0.1) is 24.4 Å². The van der Waals surface area contributed by atoms with Gasteiger partial charge in [-0.15, -0.1) is 0 Å². The zero-order chi connectivity index (χ0) is 26.2. The number of esters is 1. The molecule has 0 aromatic heterocycles. The molecular formula is C31H44O6. The monoisotopic (exact) mass is 512 g/mol. The maximum absolute atomic E-state index is 12.7. The maximum Gasteiger partial charge on any atom is 0.330 e. The second kappa shape index (κ2) is 13.7. The summed E-state index contributed by atoms with van der Waals surface area (Å²) in [5.41, 5.74) is 1.00. The van der Waals surface area contributed by atoms with Crippen LogP contribution >= 0.6 is 0 Å². The molecule has 0 aromatic rings. The molecule has 204 valence electrons. The first-order valence-corrected chi connectivity index (χ1v) is 14.1. The van der Waals surface area contributed by atoms with Crippen molar-refractivity contribution in [1.29, 1.82) is 0 Å². The number of aliphatic hydroxyl groups is 2. The van der Waals surface area contributed by atoms with Crippen molar-refractivity contribution in [3.05, 3.63) is 60.8 Å². The predicted octanol–water partition coefficient (Wildman–Crippen LogP) is 5.12. The number of fused-ring (bicyclic) bond motifs is 3. The number of epoxide rings is 1. The second-order valence-electron chi connectivity index (χ2n) is 11.3. The van der Waals surface area contributed by atoms with Crippen LogP contribution in [0.3, 0.4) is 0 Å². The smallest absolute Gasteiger partial charge is 0.330 e. The Labute approximate surface area is 221 Å². The predicted molar refractivity (Wildman–Crippen MR) is 144 cm³/mol. The Morgan fingerprint density at radius 2 is 1.84 bits per heavy atom. The van der Waals surface area contributed by atoms with E-state index in [1.807, 2.05) is 0 Å². The van der Waals surface area contributed by atoms with E-state index in [4.69, 9.17) is 14.2 Å². The molecule has 2 bridgehead atoms. The molecule has 0 radical (unpaired) electrons. The largest absolute Gasteiger partial charge is 0.456 e. The number of hydrogen-bond acceptors (Lipinski definition) is 6. The summed E-state index contributed by atoms with van der Waals surface area (Å²) in [4.78, 5) is 12.7. The van der Waals surface area contributed by atoms with Gasteiger partial charge in [-0.25, -0.2) is 4.79 Å². The minimum atomic E-state index is -0.942. The van der Waals surface area contributed by atoms with Crippen LogP contribution in [0.4, 0.5) is 0 Å². The number of cyclic esters (lactones) is 1. The van der Waals surface area contributed by atoms with E-state index in [1.165, 1.54) is 6.08 Å². The topological polar surface area (TPSA) is 88.5 Å². The SMILES string of the molecule is C=C1C[C@H](C)C[C@@H]2CC=C[C@@H](C/C=C\C(=O)O[C@H]([C@@H](O)/C=C/C3CCC=CCC3)C[C@@H]3O[C@H]3[C@@H](O)C1)O2. The molecule has 3 aliphatic heterocycles. The Bertz CT molecular complexity index is 878. The lowest BCUT2D eigenvalue weighted by Crippen LogP contribution is -2.32. The molecule has 1 saturated heterocycles. The van der Waals surface area contributed by atoms with Crippen LogP contribution in [0.2, 0.25) is 0 Å². The third-order valence-electron chi connectivity index (χ3n) is 7.81. The van der Waals surface area contributed by atoms with Crippen molar-refractivity contribution in [2.45, 2.75) is 114 Å². The van der Waals surface area contributed by atoms with Gasteiger partial charge < -0.3 is 24.4 Å². The Morgan fingerprint density at radius 3 is 2.62 bits per heavy atom. The highest BCUT2D eigenvalue weighted by Gasteiger charge is 2.46. The Morgan fingerprint density at radius 1 is 1.05 bits per heavy atom. The van der Waals surface area contributed by atoms with Gasteiger partial charge in [-0.2, -0.15) is 0 Å². The van der Waals surface area contributed by atoms with E-state index < -0.39 is 24.3 Å². The first-order chi connectivity index (χ1) is 17.9. The molecule has 4 aliphatic rings. The lowest BCUT2D eigenvalue weighted by Gasteiger charge is -2.28. The van der Waals surface area contributed by atoms with Crippen LogP contribution in [0.15, 0.2) is 60.8 Å². The summed E-state index contributed by atoms with van der Waals surface area (Å²) in [5.74, 6) is 0.299. The van der Waals surface area contributed by atoms with Gasteiger partial charge in [-0.1, -0.05) is 61.6 Å². The molecular weight excluding hydrogens is 468 g/mol. The molecule has 37 heavy (non-hydrogen) atoms. The van der Waals surface area contributed by atoms with Crippen molar-refractivity contribution in [2.75, 3.05) is 0 Å². The molecule has 1 fully saturated rings. The molecule has 0 aromatic carbocycles. The van der Waals surface area contributed by atoms with Crippen molar-refractivity contribution in [1.82, 2.24) is 0 Å². The van der Waals surface area contributed by atoms with Crippen LogP contribution in [0.25, 0.3) is 0 Å². The van der Waals surface area contributed by atoms with Gasteiger partial charge in [0, 0.05) is 12.5 Å². The number of rotatable bonds is 3. The molecule has 3 heterocycles. The normalized spacial score (nSPS) is 38.2. The lowest BCUT2D eigenvalue weighted by molar-refractivity contribution is -0.148. The van der Waals surface area contributed by atoms with Crippen molar-refractivity contribution in [3.63, 3.8) is 0 Å². The summed E-state index contributed by atoms with van der Waals surface area (Å²) in [6.07, 6.45) is 21.0. The molecule has 0 saturated carbocycles. The first kappa shape index (κ1) is 28.0. The quantitative estimate of drug-likeness (QED) is 0.310. The molecule has 2 N–H and O–H groups in total. The zero-order valence-electron chi connectivity index (χ0n) is 22.1. The Balaban J connectivity index is 1.44. The summed E-state index contributed by atoms with van der Waals surface area (Å²) >= 11 is 0. The Hall–Kier alpha value is -1.99. The number of ether oxygens (including phenoxy) is 3. The highest BCUT2D eigenvalue weighted by atomic mass is 16.6. The zero-order valence-corrected chi connectivity index (χ0v) is 22.1. The van der Waals surface area contributed by atoms with Crippen molar-refractivity contribution in [3.8, 4) is 0 Å². The summed E-state index contributed by atoms with van der Waals surface area (Å²) in [6.45, 7) is 6.40. The minimum absolute atomic E-state index is 0.0714. The molecule has 6 nitrogen and oxygen atoms in total. The van der Waals surface area contributed by atoms with Crippen LogP contribution in [0.5, 0.6) is 0 Å². The number of hydrogen-bond donors (Lipinski definition) is 2. The van der Waals surface area contributed by atoms with Gasteiger partial charge in [-0.3, -0.25) is 0 Å². The van der Waals surface area contributed by atoms with Crippen LogP contribution in [-0.4, -0.2) is 58.9 Å². The van der Waals surface area contributed by atoms with Gasteiger partial charge in [0.1, 0.15) is 18.3 Å².